The number of ether oxygens (including phenoxy) is 1. The smallest absolute Gasteiger partial charge is 0.224 e. The molecule has 0 aliphatic carbocycles. The van der Waals surface area contributed by atoms with Gasteiger partial charge < -0.3 is 10.2 Å². The molecule has 5 heteroatoms. The van der Waals surface area contributed by atoms with Crippen molar-refractivity contribution in [3.63, 3.8) is 0 Å². The van der Waals surface area contributed by atoms with Crippen molar-refractivity contribution < 1.29 is 4.74 Å². The number of benzene rings is 1. The van der Waals surface area contributed by atoms with Crippen LogP contribution >= 0.6 is 0 Å². The van der Waals surface area contributed by atoms with E-state index < -0.39 is 0 Å². The highest BCUT2D eigenvalue weighted by atomic mass is 16.5. The van der Waals surface area contributed by atoms with Gasteiger partial charge in [0.2, 0.25) is 5.88 Å². The first-order valence-electron chi connectivity index (χ1n) is 6.37. The molecule has 0 fully saturated rings. The number of anilines is 1. The maximum Gasteiger partial charge on any atom is 0.224 e. The molecule has 0 amide bonds. The van der Waals surface area contributed by atoms with Gasteiger partial charge in [-0.3, -0.25) is 0 Å². The van der Waals surface area contributed by atoms with Crippen LogP contribution in [0.4, 0.5) is 5.82 Å². The van der Waals surface area contributed by atoms with E-state index in [0.29, 0.717) is 11.7 Å². The lowest BCUT2D eigenvalue weighted by atomic mass is 10.1. The molecule has 5 nitrogen and oxygen atoms in total. The van der Waals surface area contributed by atoms with Gasteiger partial charge in [-0.1, -0.05) is 25.5 Å². The summed E-state index contributed by atoms with van der Waals surface area (Å²) in [6.07, 6.45) is 4.91. The largest absolute Gasteiger partial charge is 0.439 e. The van der Waals surface area contributed by atoms with Gasteiger partial charge in [-0.15, -0.1) is 0 Å². The van der Waals surface area contributed by atoms with E-state index in [0.717, 1.165) is 12.2 Å². The van der Waals surface area contributed by atoms with Crippen molar-refractivity contribution in [2.45, 2.75) is 26.2 Å². The predicted octanol–water partition coefficient (Wildman–Crippen LogP) is 2.90. The number of nitrogens with one attached hydrogen (secondary N) is 1. The van der Waals surface area contributed by atoms with E-state index in [9.17, 15) is 0 Å². The van der Waals surface area contributed by atoms with Crippen molar-refractivity contribution in [1.82, 2.24) is 9.97 Å². The second kappa shape index (κ2) is 6.70. The van der Waals surface area contributed by atoms with E-state index in [4.69, 9.17) is 10.6 Å². The number of nitrogens with zero attached hydrogens (tertiary/aromatic N) is 2. The molecule has 19 heavy (non-hydrogen) atoms. The molecule has 0 spiro atoms. The fraction of sp³-hybridized carbons (Fsp3) is 0.286. The number of unbranched alkanes of at least 4 members (excludes halogenated alkanes) is 1. The molecule has 0 atom stereocenters. The Kier molecular flexibility index (Phi) is 4.69. The van der Waals surface area contributed by atoms with E-state index >= 15 is 0 Å². The molecule has 2 aromatic rings. The number of nitrogen functional groups attached to an aromatic ring is 1. The molecule has 3 N–H and O–H groups in total. The van der Waals surface area contributed by atoms with Gasteiger partial charge in [-0.05, 0) is 30.5 Å². The van der Waals surface area contributed by atoms with Gasteiger partial charge in [0.15, 0.2) is 0 Å². The molecule has 0 radical (unpaired) electrons. The molecule has 1 heterocycles. The fourth-order valence-corrected chi connectivity index (χ4v) is 1.70. The Hall–Kier alpha value is -2.14. The normalized spacial score (nSPS) is 10.2. The maximum atomic E-state index is 5.63. The second-order valence-corrected chi connectivity index (χ2v) is 4.24. The van der Waals surface area contributed by atoms with Crippen LogP contribution in [-0.4, -0.2) is 9.97 Å². The zero-order valence-electron chi connectivity index (χ0n) is 11.0. The average molecular weight is 258 g/mol. The van der Waals surface area contributed by atoms with E-state index in [2.05, 4.69) is 34.5 Å². The Morgan fingerprint density at radius 2 is 2.00 bits per heavy atom. The SMILES string of the molecule is CCCCc1ccc(Oc2cc(NN)ncn2)cc1. The van der Waals surface area contributed by atoms with Gasteiger partial charge in [0.1, 0.15) is 17.9 Å². The van der Waals surface area contributed by atoms with Crippen LogP contribution in [0.25, 0.3) is 0 Å². The Morgan fingerprint density at radius 3 is 2.68 bits per heavy atom. The van der Waals surface area contributed by atoms with Gasteiger partial charge in [-0.25, -0.2) is 15.8 Å². The molecule has 0 saturated carbocycles. The fourth-order valence-electron chi connectivity index (χ4n) is 1.70. The Balaban J connectivity index is 2.02. The molecule has 100 valence electrons. The quantitative estimate of drug-likeness (QED) is 0.615. The van der Waals surface area contributed by atoms with Crippen LogP contribution in [0.15, 0.2) is 36.7 Å². The summed E-state index contributed by atoms with van der Waals surface area (Å²) in [4.78, 5) is 7.95. The molecule has 0 bridgehead atoms. The van der Waals surface area contributed by atoms with Gasteiger partial charge in [-0.2, -0.15) is 0 Å². The summed E-state index contributed by atoms with van der Waals surface area (Å²) in [6.45, 7) is 2.19. The highest BCUT2D eigenvalue weighted by molar-refractivity contribution is 5.38. The highest BCUT2D eigenvalue weighted by Crippen LogP contribution is 2.21. The minimum Gasteiger partial charge on any atom is -0.439 e. The first kappa shape index (κ1) is 13.3. The minimum absolute atomic E-state index is 0.462. The molecular formula is C14H18N4O. The first-order chi connectivity index (χ1) is 9.31. The number of hydrogen-bond donors (Lipinski definition) is 2. The van der Waals surface area contributed by atoms with Crippen molar-refractivity contribution in [3.05, 3.63) is 42.2 Å². The summed E-state index contributed by atoms with van der Waals surface area (Å²) in [6, 6.07) is 9.69. The van der Waals surface area contributed by atoms with Crippen LogP contribution in [0.3, 0.4) is 0 Å². The van der Waals surface area contributed by atoms with Gasteiger partial charge >= 0.3 is 0 Å². The lowest BCUT2D eigenvalue weighted by molar-refractivity contribution is 0.461. The Labute approximate surface area is 112 Å². The van der Waals surface area contributed by atoms with Gasteiger partial charge in [0, 0.05) is 6.07 Å². The van der Waals surface area contributed by atoms with E-state index in [-0.39, 0.29) is 0 Å². The third-order valence-corrected chi connectivity index (χ3v) is 2.75. The van der Waals surface area contributed by atoms with Crippen LogP contribution in [0.5, 0.6) is 11.6 Å². The molecule has 0 aliphatic rings. The van der Waals surface area contributed by atoms with Gasteiger partial charge in [0.25, 0.3) is 0 Å². The van der Waals surface area contributed by atoms with Gasteiger partial charge in [0.05, 0.1) is 0 Å². The number of hydrogen-bond acceptors (Lipinski definition) is 5. The zero-order chi connectivity index (χ0) is 13.5. The number of rotatable bonds is 6. The number of aryl methyl sites for hydroxylation is 1. The predicted molar refractivity (Wildman–Crippen MR) is 75.0 cm³/mol. The molecule has 1 aromatic carbocycles. The third-order valence-electron chi connectivity index (χ3n) is 2.75. The lowest BCUT2D eigenvalue weighted by Gasteiger charge is -2.06. The number of hydrazine groups is 1. The van der Waals surface area contributed by atoms with Crippen LogP contribution in [0.2, 0.25) is 0 Å². The number of aromatic nitrogens is 2. The van der Waals surface area contributed by atoms with E-state index in [1.54, 1.807) is 6.07 Å². The topological polar surface area (TPSA) is 73.1 Å². The van der Waals surface area contributed by atoms with Crippen molar-refractivity contribution in [3.8, 4) is 11.6 Å². The molecule has 0 aliphatic heterocycles. The lowest BCUT2D eigenvalue weighted by Crippen LogP contribution is -2.08. The second-order valence-electron chi connectivity index (χ2n) is 4.24. The standard InChI is InChI=1S/C14H18N4O/c1-2-3-4-11-5-7-12(8-6-11)19-14-9-13(18-15)16-10-17-14/h5-10H,2-4,15H2,1H3,(H,16,17,18). The molecule has 0 unspecified atom stereocenters. The Morgan fingerprint density at radius 1 is 1.21 bits per heavy atom. The van der Waals surface area contributed by atoms with E-state index in [1.807, 2.05) is 12.1 Å². The van der Waals surface area contributed by atoms with Crippen molar-refractivity contribution in [2.24, 2.45) is 5.84 Å². The Bertz CT molecular complexity index is 513. The maximum absolute atomic E-state index is 5.63. The number of nitrogens with two attached hydrogens (primary N) is 1. The molecule has 1 aromatic heterocycles. The van der Waals surface area contributed by atoms with E-state index in [1.165, 1.54) is 24.7 Å². The summed E-state index contributed by atoms with van der Waals surface area (Å²) >= 11 is 0. The third kappa shape index (κ3) is 3.93. The minimum atomic E-state index is 0.462. The molecule has 2 rings (SSSR count). The zero-order valence-corrected chi connectivity index (χ0v) is 11.0. The monoisotopic (exact) mass is 258 g/mol. The van der Waals surface area contributed by atoms with Crippen molar-refractivity contribution >= 4 is 5.82 Å². The first-order valence-corrected chi connectivity index (χ1v) is 6.37. The summed E-state index contributed by atoms with van der Waals surface area (Å²) in [5, 5.41) is 0. The highest BCUT2D eigenvalue weighted by Gasteiger charge is 2.01. The van der Waals surface area contributed by atoms with Crippen LogP contribution in [-0.2, 0) is 6.42 Å². The summed E-state index contributed by atoms with van der Waals surface area (Å²) in [7, 11) is 0. The van der Waals surface area contributed by atoms with Crippen molar-refractivity contribution in [1.29, 1.82) is 0 Å². The van der Waals surface area contributed by atoms with Crippen LogP contribution < -0.4 is 16.0 Å². The summed E-state index contributed by atoms with van der Waals surface area (Å²) < 4.78 is 5.63. The van der Waals surface area contributed by atoms with Crippen LogP contribution in [0, 0.1) is 0 Å². The van der Waals surface area contributed by atoms with Crippen LogP contribution in [0.1, 0.15) is 25.3 Å². The summed E-state index contributed by atoms with van der Waals surface area (Å²) in [5.41, 5.74) is 3.77. The molecule has 0 saturated heterocycles. The summed E-state index contributed by atoms with van der Waals surface area (Å²) in [5.74, 6) is 7.01. The van der Waals surface area contributed by atoms with Crippen molar-refractivity contribution in [2.75, 3.05) is 5.43 Å². The average Bonchev–Trinajstić information content (AvgIpc) is 2.47. The molecular weight excluding hydrogens is 240 g/mol.